The fraction of sp³-hybridized carbons (Fsp3) is 0.176. The number of anilines is 2. The first-order valence-electron chi connectivity index (χ1n) is 7.77. The third-order valence-electron chi connectivity index (χ3n) is 3.55. The molecule has 0 aliphatic carbocycles. The van der Waals surface area contributed by atoms with Crippen LogP contribution in [0, 0.1) is 10.1 Å². The number of thiophene rings is 1. The molecule has 0 aliphatic rings. The second kappa shape index (κ2) is 8.20. The summed E-state index contributed by atoms with van der Waals surface area (Å²) in [5, 5.41) is 19.6. The predicted octanol–water partition coefficient (Wildman–Crippen LogP) is 3.71. The lowest BCUT2D eigenvalue weighted by Gasteiger charge is -2.10. The summed E-state index contributed by atoms with van der Waals surface area (Å²) in [6.07, 6.45) is 2.11. The highest BCUT2D eigenvalue weighted by atomic mass is 32.1. The highest BCUT2D eigenvalue weighted by Gasteiger charge is 2.22. The number of aromatic nitrogens is 2. The van der Waals surface area contributed by atoms with Crippen LogP contribution in [0.25, 0.3) is 0 Å². The van der Waals surface area contributed by atoms with Crippen molar-refractivity contribution >= 4 is 28.7 Å². The van der Waals surface area contributed by atoms with Gasteiger partial charge in [0.1, 0.15) is 6.33 Å². The Morgan fingerprint density at radius 3 is 2.48 bits per heavy atom. The minimum atomic E-state index is -0.458. The van der Waals surface area contributed by atoms with Gasteiger partial charge in [0, 0.05) is 18.0 Å². The summed E-state index contributed by atoms with van der Waals surface area (Å²) in [5.41, 5.74) is 0.882. The van der Waals surface area contributed by atoms with Crippen molar-refractivity contribution in [1.82, 2.24) is 9.97 Å². The SMILES string of the molecule is O=[N+]([O-])c1c(NCCc2cccs2)ncnc1NCc1ccccc1. The number of hydrogen-bond donors (Lipinski definition) is 2. The van der Waals surface area contributed by atoms with Gasteiger partial charge in [-0.15, -0.1) is 11.3 Å². The molecule has 2 heterocycles. The minimum absolute atomic E-state index is 0.135. The number of nitro groups is 1. The van der Waals surface area contributed by atoms with Crippen LogP contribution >= 0.6 is 11.3 Å². The number of rotatable bonds is 8. The summed E-state index contributed by atoms with van der Waals surface area (Å²) in [6.45, 7) is 1.02. The molecule has 0 radical (unpaired) electrons. The van der Waals surface area contributed by atoms with Crippen LogP contribution in [-0.4, -0.2) is 21.4 Å². The Balaban J connectivity index is 1.71. The van der Waals surface area contributed by atoms with Crippen molar-refractivity contribution in [3.05, 3.63) is 74.7 Å². The van der Waals surface area contributed by atoms with E-state index < -0.39 is 4.92 Å². The molecule has 0 amide bonds. The molecule has 0 fully saturated rings. The van der Waals surface area contributed by atoms with Crippen molar-refractivity contribution in [2.75, 3.05) is 17.2 Å². The smallest absolute Gasteiger partial charge is 0.353 e. The molecule has 0 spiro atoms. The van der Waals surface area contributed by atoms with Gasteiger partial charge in [-0.25, -0.2) is 9.97 Å². The highest BCUT2D eigenvalue weighted by molar-refractivity contribution is 7.09. The van der Waals surface area contributed by atoms with Gasteiger partial charge in [-0.2, -0.15) is 0 Å². The van der Waals surface area contributed by atoms with Gasteiger partial charge < -0.3 is 10.6 Å². The molecular formula is C17H17N5O2S. The van der Waals surface area contributed by atoms with Crippen LogP contribution in [0.4, 0.5) is 17.3 Å². The first-order valence-corrected chi connectivity index (χ1v) is 8.65. The van der Waals surface area contributed by atoms with E-state index in [4.69, 9.17) is 0 Å². The summed E-state index contributed by atoms with van der Waals surface area (Å²) in [5.74, 6) is 0.439. The normalized spacial score (nSPS) is 10.4. The standard InChI is InChI=1S/C17H17N5O2S/c23-22(24)15-16(18-9-8-14-7-4-10-25-14)20-12-21-17(15)19-11-13-5-2-1-3-6-13/h1-7,10,12H,8-9,11H2,(H2,18,19,20,21). The molecular weight excluding hydrogens is 338 g/mol. The molecule has 0 saturated heterocycles. The molecule has 2 aromatic heterocycles. The molecule has 3 rings (SSSR count). The van der Waals surface area contributed by atoms with Crippen molar-refractivity contribution < 1.29 is 4.92 Å². The van der Waals surface area contributed by atoms with Crippen molar-refractivity contribution in [1.29, 1.82) is 0 Å². The molecule has 7 nitrogen and oxygen atoms in total. The predicted molar refractivity (Wildman–Crippen MR) is 99.0 cm³/mol. The Labute approximate surface area is 148 Å². The van der Waals surface area contributed by atoms with Crippen LogP contribution in [0.15, 0.2) is 54.2 Å². The average molecular weight is 355 g/mol. The summed E-state index contributed by atoms with van der Waals surface area (Å²) < 4.78 is 0. The molecule has 128 valence electrons. The molecule has 0 aliphatic heterocycles. The Hall–Kier alpha value is -3.00. The van der Waals surface area contributed by atoms with Crippen molar-refractivity contribution in [2.45, 2.75) is 13.0 Å². The van der Waals surface area contributed by atoms with Gasteiger partial charge in [-0.1, -0.05) is 36.4 Å². The monoisotopic (exact) mass is 355 g/mol. The van der Waals surface area contributed by atoms with E-state index in [1.807, 2.05) is 47.8 Å². The minimum Gasteiger partial charge on any atom is -0.364 e. The summed E-state index contributed by atoms with van der Waals surface area (Å²) >= 11 is 1.66. The Morgan fingerprint density at radius 1 is 1.04 bits per heavy atom. The Bertz CT molecular complexity index is 824. The van der Waals surface area contributed by atoms with Gasteiger partial charge in [0.15, 0.2) is 0 Å². The van der Waals surface area contributed by atoms with Crippen LogP contribution in [0.1, 0.15) is 10.4 Å². The van der Waals surface area contributed by atoms with Crippen LogP contribution in [0.2, 0.25) is 0 Å². The van der Waals surface area contributed by atoms with Crippen molar-refractivity contribution in [2.24, 2.45) is 0 Å². The second-order valence-corrected chi connectivity index (χ2v) is 6.30. The molecule has 2 N–H and O–H groups in total. The largest absolute Gasteiger partial charge is 0.364 e. The molecule has 0 unspecified atom stereocenters. The highest BCUT2D eigenvalue weighted by Crippen LogP contribution is 2.29. The van der Waals surface area contributed by atoms with Crippen LogP contribution in [0.3, 0.4) is 0 Å². The van der Waals surface area contributed by atoms with E-state index in [0.29, 0.717) is 13.1 Å². The fourth-order valence-corrected chi connectivity index (χ4v) is 3.06. The van der Waals surface area contributed by atoms with Crippen LogP contribution in [0.5, 0.6) is 0 Å². The van der Waals surface area contributed by atoms with E-state index in [0.717, 1.165) is 12.0 Å². The van der Waals surface area contributed by atoms with Gasteiger partial charge >= 0.3 is 5.69 Å². The maximum absolute atomic E-state index is 11.5. The second-order valence-electron chi connectivity index (χ2n) is 5.27. The summed E-state index contributed by atoms with van der Waals surface area (Å²) in [7, 11) is 0. The van der Waals surface area contributed by atoms with Gasteiger partial charge in [-0.05, 0) is 23.4 Å². The summed E-state index contributed by atoms with van der Waals surface area (Å²) in [4.78, 5) is 20.3. The van der Waals surface area contributed by atoms with E-state index in [2.05, 4.69) is 20.6 Å². The maximum atomic E-state index is 11.5. The lowest BCUT2D eigenvalue weighted by molar-refractivity contribution is -0.383. The summed E-state index contributed by atoms with van der Waals surface area (Å²) in [6, 6.07) is 13.7. The van der Waals surface area contributed by atoms with Crippen LogP contribution in [-0.2, 0) is 13.0 Å². The molecule has 0 saturated carbocycles. The van der Waals surface area contributed by atoms with Crippen molar-refractivity contribution in [3.8, 4) is 0 Å². The Morgan fingerprint density at radius 2 is 1.80 bits per heavy atom. The van der Waals surface area contributed by atoms with E-state index in [-0.39, 0.29) is 17.3 Å². The van der Waals surface area contributed by atoms with E-state index in [1.54, 1.807) is 11.3 Å². The topological polar surface area (TPSA) is 93.0 Å². The zero-order valence-electron chi connectivity index (χ0n) is 13.4. The van der Waals surface area contributed by atoms with E-state index in [1.165, 1.54) is 11.2 Å². The number of hydrogen-bond acceptors (Lipinski definition) is 7. The third kappa shape index (κ3) is 4.51. The molecule has 25 heavy (non-hydrogen) atoms. The van der Waals surface area contributed by atoms with Gasteiger partial charge in [0.05, 0.1) is 4.92 Å². The average Bonchev–Trinajstić information content (AvgIpc) is 3.14. The molecule has 0 atom stereocenters. The van der Waals surface area contributed by atoms with Gasteiger partial charge in [0.25, 0.3) is 0 Å². The third-order valence-corrected chi connectivity index (χ3v) is 4.49. The van der Waals surface area contributed by atoms with E-state index >= 15 is 0 Å². The first-order chi connectivity index (χ1) is 12.2. The Kier molecular flexibility index (Phi) is 5.53. The molecule has 8 heteroatoms. The molecule has 1 aromatic carbocycles. The zero-order chi connectivity index (χ0) is 17.5. The van der Waals surface area contributed by atoms with E-state index in [9.17, 15) is 10.1 Å². The first kappa shape index (κ1) is 16.8. The number of benzene rings is 1. The van der Waals surface area contributed by atoms with Gasteiger partial charge in [0.2, 0.25) is 11.6 Å². The zero-order valence-corrected chi connectivity index (χ0v) is 14.2. The van der Waals surface area contributed by atoms with Crippen molar-refractivity contribution in [3.63, 3.8) is 0 Å². The number of nitrogens with zero attached hydrogens (tertiary/aromatic N) is 3. The maximum Gasteiger partial charge on any atom is 0.353 e. The lowest BCUT2D eigenvalue weighted by atomic mass is 10.2. The fourth-order valence-electron chi connectivity index (χ4n) is 2.35. The molecule has 3 aromatic rings. The lowest BCUT2D eigenvalue weighted by Crippen LogP contribution is -2.11. The van der Waals surface area contributed by atoms with Crippen LogP contribution < -0.4 is 10.6 Å². The number of nitrogens with one attached hydrogen (secondary N) is 2. The quantitative estimate of drug-likeness (QED) is 0.473. The van der Waals surface area contributed by atoms with Gasteiger partial charge in [-0.3, -0.25) is 10.1 Å². The molecule has 0 bridgehead atoms.